The Morgan fingerprint density at radius 2 is 1.82 bits per heavy atom. The van der Waals surface area contributed by atoms with E-state index in [0.29, 0.717) is 19.4 Å². The number of carbonyl (C=O) groups excluding carboxylic acids is 1. The van der Waals surface area contributed by atoms with Crippen LogP contribution in [0.15, 0.2) is 59.1 Å². The molecule has 0 saturated carbocycles. The molecule has 1 unspecified atom stereocenters. The first kappa shape index (κ1) is 16.6. The summed E-state index contributed by atoms with van der Waals surface area (Å²) in [4.78, 5) is 11.9. The van der Waals surface area contributed by atoms with Gasteiger partial charge in [-0.25, -0.2) is 0 Å². The van der Waals surface area contributed by atoms with Gasteiger partial charge >= 0.3 is 0 Å². The summed E-state index contributed by atoms with van der Waals surface area (Å²) >= 11 is 3.41. The number of ether oxygens (including phenoxy) is 1. The van der Waals surface area contributed by atoms with Crippen LogP contribution in [-0.2, 0) is 4.79 Å². The number of amides is 1. The summed E-state index contributed by atoms with van der Waals surface area (Å²) in [7, 11) is 0. The predicted molar refractivity (Wildman–Crippen MR) is 91.9 cm³/mol. The molecule has 0 aliphatic heterocycles. The zero-order valence-corrected chi connectivity index (χ0v) is 14.2. The Balaban J connectivity index is 1.68. The first-order chi connectivity index (χ1) is 10.6. The molecule has 1 atom stereocenters. The number of benzene rings is 2. The van der Waals surface area contributed by atoms with Crippen molar-refractivity contribution >= 4 is 21.8 Å². The van der Waals surface area contributed by atoms with Crippen LogP contribution < -0.4 is 10.1 Å². The largest absolute Gasteiger partial charge is 0.494 e. The van der Waals surface area contributed by atoms with Gasteiger partial charge in [0.05, 0.1) is 12.6 Å². The highest BCUT2D eigenvalue weighted by atomic mass is 79.9. The number of carbonyl (C=O) groups is 1. The van der Waals surface area contributed by atoms with E-state index in [4.69, 9.17) is 4.74 Å². The van der Waals surface area contributed by atoms with Crippen molar-refractivity contribution in [2.45, 2.75) is 25.8 Å². The predicted octanol–water partition coefficient (Wildman–Crippen LogP) is 4.49. The molecule has 0 heterocycles. The number of hydrogen-bond donors (Lipinski definition) is 1. The Morgan fingerprint density at radius 1 is 1.14 bits per heavy atom. The lowest BCUT2D eigenvalue weighted by Gasteiger charge is -2.14. The summed E-state index contributed by atoms with van der Waals surface area (Å²) in [6, 6.07) is 17.6. The van der Waals surface area contributed by atoms with Crippen LogP contribution >= 0.6 is 15.9 Å². The van der Waals surface area contributed by atoms with Crippen molar-refractivity contribution in [2.24, 2.45) is 0 Å². The molecule has 0 bridgehead atoms. The maximum atomic E-state index is 11.9. The zero-order chi connectivity index (χ0) is 15.8. The summed E-state index contributed by atoms with van der Waals surface area (Å²) in [5, 5.41) is 3.00. The van der Waals surface area contributed by atoms with Crippen LogP contribution in [0.4, 0.5) is 0 Å². The minimum atomic E-state index is 0.00985. The number of rotatable bonds is 7. The number of nitrogens with one attached hydrogen (secondary N) is 1. The third-order valence-corrected chi connectivity index (χ3v) is 3.84. The monoisotopic (exact) mass is 361 g/mol. The first-order valence-electron chi connectivity index (χ1n) is 7.38. The third kappa shape index (κ3) is 5.53. The molecule has 116 valence electrons. The molecule has 0 aliphatic carbocycles. The highest BCUT2D eigenvalue weighted by Gasteiger charge is 2.09. The molecule has 0 spiro atoms. The second-order valence-corrected chi connectivity index (χ2v) is 6.02. The summed E-state index contributed by atoms with van der Waals surface area (Å²) in [6.45, 7) is 2.53. The average molecular weight is 362 g/mol. The lowest BCUT2D eigenvalue weighted by atomic mass is 10.1. The smallest absolute Gasteiger partial charge is 0.220 e. The van der Waals surface area contributed by atoms with Gasteiger partial charge in [-0.2, -0.15) is 0 Å². The van der Waals surface area contributed by atoms with Gasteiger partial charge in [-0.05, 0) is 43.2 Å². The standard InChI is InChI=1S/C18H20BrNO2/c1-14(15-9-11-16(19)12-10-15)20-18(21)8-5-13-22-17-6-3-2-4-7-17/h2-4,6-7,9-12,14H,5,8,13H2,1H3,(H,20,21). The van der Waals surface area contributed by atoms with Crippen molar-refractivity contribution in [3.8, 4) is 5.75 Å². The molecule has 0 fully saturated rings. The van der Waals surface area contributed by atoms with E-state index in [1.807, 2.05) is 61.5 Å². The second-order valence-electron chi connectivity index (χ2n) is 5.11. The van der Waals surface area contributed by atoms with Gasteiger partial charge < -0.3 is 10.1 Å². The Kier molecular flexibility index (Phi) is 6.46. The van der Waals surface area contributed by atoms with E-state index in [1.165, 1.54) is 0 Å². The van der Waals surface area contributed by atoms with Crippen molar-refractivity contribution in [3.05, 3.63) is 64.6 Å². The molecule has 0 radical (unpaired) electrons. The highest BCUT2D eigenvalue weighted by molar-refractivity contribution is 9.10. The van der Waals surface area contributed by atoms with Gasteiger partial charge in [-0.3, -0.25) is 4.79 Å². The molecule has 2 aromatic rings. The molecule has 2 rings (SSSR count). The summed E-state index contributed by atoms with van der Waals surface area (Å²) in [5.74, 6) is 0.887. The van der Waals surface area contributed by atoms with Crippen molar-refractivity contribution in [2.75, 3.05) is 6.61 Å². The van der Waals surface area contributed by atoms with E-state index in [-0.39, 0.29) is 11.9 Å². The molecule has 22 heavy (non-hydrogen) atoms. The molecule has 4 heteroatoms. The Morgan fingerprint density at radius 3 is 2.50 bits per heavy atom. The van der Waals surface area contributed by atoms with Crippen LogP contribution in [0.3, 0.4) is 0 Å². The zero-order valence-electron chi connectivity index (χ0n) is 12.6. The quantitative estimate of drug-likeness (QED) is 0.738. The average Bonchev–Trinajstić information content (AvgIpc) is 2.53. The third-order valence-electron chi connectivity index (χ3n) is 3.31. The molecule has 0 aromatic heterocycles. The fourth-order valence-electron chi connectivity index (χ4n) is 2.09. The molecular weight excluding hydrogens is 342 g/mol. The van der Waals surface area contributed by atoms with E-state index in [2.05, 4.69) is 21.2 Å². The van der Waals surface area contributed by atoms with Gasteiger partial charge in [-0.15, -0.1) is 0 Å². The van der Waals surface area contributed by atoms with Crippen LogP contribution in [0.25, 0.3) is 0 Å². The molecular formula is C18H20BrNO2. The molecule has 1 amide bonds. The summed E-state index contributed by atoms with van der Waals surface area (Å²) in [6.07, 6.45) is 1.17. The molecule has 1 N–H and O–H groups in total. The van der Waals surface area contributed by atoms with E-state index in [0.717, 1.165) is 15.8 Å². The van der Waals surface area contributed by atoms with Gasteiger partial charge in [0.2, 0.25) is 5.91 Å². The van der Waals surface area contributed by atoms with Gasteiger partial charge in [0.25, 0.3) is 0 Å². The normalized spacial score (nSPS) is 11.7. The lowest BCUT2D eigenvalue weighted by molar-refractivity contribution is -0.121. The molecule has 0 aliphatic rings. The van der Waals surface area contributed by atoms with Crippen LogP contribution in [0.1, 0.15) is 31.4 Å². The summed E-state index contributed by atoms with van der Waals surface area (Å²) < 4.78 is 6.61. The van der Waals surface area contributed by atoms with Gasteiger partial charge in [0.1, 0.15) is 5.75 Å². The molecule has 0 saturated heterocycles. The van der Waals surface area contributed by atoms with Crippen LogP contribution in [0.5, 0.6) is 5.75 Å². The maximum Gasteiger partial charge on any atom is 0.220 e. The SMILES string of the molecule is CC(NC(=O)CCCOc1ccccc1)c1ccc(Br)cc1. The van der Waals surface area contributed by atoms with Crippen LogP contribution in [0.2, 0.25) is 0 Å². The topological polar surface area (TPSA) is 38.3 Å². The lowest BCUT2D eigenvalue weighted by Crippen LogP contribution is -2.26. The molecule has 3 nitrogen and oxygen atoms in total. The van der Waals surface area contributed by atoms with Crippen LogP contribution in [0, 0.1) is 0 Å². The van der Waals surface area contributed by atoms with Crippen molar-refractivity contribution in [1.29, 1.82) is 0 Å². The van der Waals surface area contributed by atoms with Crippen LogP contribution in [-0.4, -0.2) is 12.5 Å². The Labute approximate surface area is 139 Å². The highest BCUT2D eigenvalue weighted by Crippen LogP contribution is 2.16. The minimum absolute atomic E-state index is 0.00985. The Hall–Kier alpha value is -1.81. The van der Waals surface area contributed by atoms with E-state index >= 15 is 0 Å². The second kappa shape index (κ2) is 8.59. The maximum absolute atomic E-state index is 11.9. The fraction of sp³-hybridized carbons (Fsp3) is 0.278. The molecule has 2 aromatic carbocycles. The number of halogens is 1. The van der Waals surface area contributed by atoms with Gasteiger partial charge in [-0.1, -0.05) is 46.3 Å². The number of hydrogen-bond acceptors (Lipinski definition) is 2. The number of para-hydroxylation sites is 1. The van der Waals surface area contributed by atoms with Crippen molar-refractivity contribution < 1.29 is 9.53 Å². The van der Waals surface area contributed by atoms with E-state index in [1.54, 1.807) is 0 Å². The van der Waals surface area contributed by atoms with E-state index in [9.17, 15) is 4.79 Å². The first-order valence-corrected chi connectivity index (χ1v) is 8.17. The fourth-order valence-corrected chi connectivity index (χ4v) is 2.35. The summed E-state index contributed by atoms with van der Waals surface area (Å²) in [5.41, 5.74) is 1.09. The Bertz CT molecular complexity index is 584. The minimum Gasteiger partial charge on any atom is -0.494 e. The van der Waals surface area contributed by atoms with Crippen molar-refractivity contribution in [1.82, 2.24) is 5.32 Å². The van der Waals surface area contributed by atoms with Gasteiger partial charge in [0.15, 0.2) is 0 Å². The van der Waals surface area contributed by atoms with Gasteiger partial charge in [0, 0.05) is 10.9 Å². The van der Waals surface area contributed by atoms with E-state index < -0.39 is 0 Å². The van der Waals surface area contributed by atoms with Crippen molar-refractivity contribution in [3.63, 3.8) is 0 Å².